The summed E-state index contributed by atoms with van der Waals surface area (Å²) in [7, 11) is -3.75. The van der Waals surface area contributed by atoms with E-state index >= 15 is 0 Å². The van der Waals surface area contributed by atoms with Gasteiger partial charge in [0.15, 0.2) is 6.61 Å². The summed E-state index contributed by atoms with van der Waals surface area (Å²) < 4.78 is 31.8. The van der Waals surface area contributed by atoms with E-state index in [0.29, 0.717) is 26.2 Å². The lowest BCUT2D eigenvalue weighted by molar-refractivity contribution is -0.135. The highest BCUT2D eigenvalue weighted by Gasteiger charge is 2.26. The molecule has 1 aromatic carbocycles. The summed E-state index contributed by atoms with van der Waals surface area (Å²) in [4.78, 5) is 27.8. The van der Waals surface area contributed by atoms with E-state index < -0.39 is 22.6 Å². The Morgan fingerprint density at radius 3 is 2.67 bits per heavy atom. The molecule has 0 aliphatic carbocycles. The number of benzene rings is 1. The Bertz CT molecular complexity index is 1050. The molecular weight excluding hydrogens is 448 g/mol. The number of carbonyl (C=O) groups excluding carboxylic acids is 2. The predicted molar refractivity (Wildman–Crippen MR) is 115 cm³/mol. The van der Waals surface area contributed by atoms with Crippen molar-refractivity contribution >= 4 is 44.8 Å². The van der Waals surface area contributed by atoms with E-state index in [1.807, 2.05) is 11.4 Å². The van der Waals surface area contributed by atoms with Crippen molar-refractivity contribution in [2.45, 2.75) is 31.7 Å². The molecule has 162 valence electrons. The van der Waals surface area contributed by atoms with Crippen molar-refractivity contribution in [3.05, 3.63) is 50.7 Å². The van der Waals surface area contributed by atoms with Gasteiger partial charge in [-0.25, -0.2) is 13.2 Å². The van der Waals surface area contributed by atoms with Crippen molar-refractivity contribution in [2.24, 2.45) is 0 Å². The van der Waals surface area contributed by atoms with Crippen LogP contribution in [0.15, 0.2) is 34.5 Å². The van der Waals surface area contributed by atoms with Gasteiger partial charge < -0.3 is 9.64 Å². The molecule has 0 saturated carbocycles. The Kier molecular flexibility index (Phi) is 7.18. The maximum absolute atomic E-state index is 12.7. The number of sulfonamides is 1. The number of thiophene rings is 1. The van der Waals surface area contributed by atoms with E-state index in [2.05, 4.69) is 0 Å². The number of amides is 1. The smallest absolute Gasteiger partial charge is 0.340 e. The maximum Gasteiger partial charge on any atom is 0.340 e. The first-order valence-electron chi connectivity index (χ1n) is 9.57. The number of carbonyl (C=O) groups is 2. The van der Waals surface area contributed by atoms with E-state index in [1.54, 1.807) is 30.1 Å². The average molecular weight is 471 g/mol. The van der Waals surface area contributed by atoms with Crippen LogP contribution in [0.3, 0.4) is 0 Å². The molecule has 0 N–H and O–H groups in total. The highest BCUT2D eigenvalue weighted by molar-refractivity contribution is 7.89. The zero-order valence-electron chi connectivity index (χ0n) is 16.8. The quantitative estimate of drug-likeness (QED) is 0.580. The van der Waals surface area contributed by atoms with Gasteiger partial charge in [0.05, 0.1) is 15.5 Å². The van der Waals surface area contributed by atoms with Crippen LogP contribution < -0.4 is 0 Å². The normalized spacial score (nSPS) is 13.9. The van der Waals surface area contributed by atoms with Crippen molar-refractivity contribution in [3.63, 3.8) is 0 Å². The van der Waals surface area contributed by atoms with Crippen LogP contribution in [0, 0.1) is 0 Å². The van der Waals surface area contributed by atoms with Gasteiger partial charge in [0.25, 0.3) is 5.91 Å². The lowest BCUT2D eigenvalue weighted by Gasteiger charge is -2.26. The van der Waals surface area contributed by atoms with Crippen LogP contribution in [0.2, 0.25) is 5.02 Å². The fourth-order valence-electron chi connectivity index (χ4n) is 3.29. The molecule has 0 unspecified atom stereocenters. The molecule has 2 aromatic rings. The number of halogens is 1. The molecule has 7 nitrogen and oxygen atoms in total. The van der Waals surface area contributed by atoms with Crippen molar-refractivity contribution in [1.29, 1.82) is 0 Å². The summed E-state index contributed by atoms with van der Waals surface area (Å²) in [5, 5.41) is 2.06. The van der Waals surface area contributed by atoms with Gasteiger partial charge in [-0.05, 0) is 41.6 Å². The molecule has 0 fully saturated rings. The summed E-state index contributed by atoms with van der Waals surface area (Å²) in [6.45, 7) is 4.71. The Hall–Kier alpha value is -1.94. The molecule has 1 amide bonds. The van der Waals surface area contributed by atoms with Crippen LogP contribution in [0.4, 0.5) is 0 Å². The number of ether oxygens (including phenoxy) is 1. The lowest BCUT2D eigenvalue weighted by atomic mass is 10.1. The first-order chi connectivity index (χ1) is 14.3. The average Bonchev–Trinajstić information content (AvgIpc) is 3.20. The number of fused-ring (bicyclic) bond motifs is 1. The third kappa shape index (κ3) is 4.69. The molecule has 1 aromatic heterocycles. The molecule has 0 radical (unpaired) electrons. The maximum atomic E-state index is 12.7. The summed E-state index contributed by atoms with van der Waals surface area (Å²) >= 11 is 7.77. The molecule has 0 bridgehead atoms. The van der Waals surface area contributed by atoms with Gasteiger partial charge in [-0.15, -0.1) is 11.3 Å². The Morgan fingerprint density at radius 1 is 1.23 bits per heavy atom. The summed E-state index contributed by atoms with van der Waals surface area (Å²) in [5.41, 5.74) is 1.03. The summed E-state index contributed by atoms with van der Waals surface area (Å²) in [6.07, 6.45) is 0.782. The second-order valence-corrected chi connectivity index (χ2v) is 10.1. The molecule has 2 heterocycles. The number of hydrogen-bond donors (Lipinski definition) is 0. The van der Waals surface area contributed by atoms with Crippen molar-refractivity contribution in [1.82, 2.24) is 9.21 Å². The van der Waals surface area contributed by atoms with E-state index in [4.69, 9.17) is 16.3 Å². The number of nitrogens with zero attached hydrogens (tertiary/aromatic N) is 2. The fourth-order valence-corrected chi connectivity index (χ4v) is 5.86. The monoisotopic (exact) mass is 470 g/mol. The number of esters is 1. The molecule has 1 aliphatic heterocycles. The zero-order valence-corrected chi connectivity index (χ0v) is 19.1. The van der Waals surface area contributed by atoms with Gasteiger partial charge in [0.1, 0.15) is 0 Å². The van der Waals surface area contributed by atoms with Gasteiger partial charge in [0.2, 0.25) is 10.0 Å². The van der Waals surface area contributed by atoms with Gasteiger partial charge in [0, 0.05) is 31.1 Å². The molecule has 0 atom stereocenters. The Labute approximate surface area is 185 Å². The van der Waals surface area contributed by atoms with Gasteiger partial charge in [-0.1, -0.05) is 25.4 Å². The van der Waals surface area contributed by atoms with E-state index in [0.717, 1.165) is 12.0 Å². The molecule has 3 rings (SSSR count). The molecule has 1 aliphatic rings. The van der Waals surface area contributed by atoms with Crippen molar-refractivity contribution in [2.75, 3.05) is 26.2 Å². The van der Waals surface area contributed by atoms with E-state index in [1.165, 1.54) is 27.4 Å². The molecular formula is C20H23ClN2O5S2. The van der Waals surface area contributed by atoms with E-state index in [9.17, 15) is 18.0 Å². The van der Waals surface area contributed by atoms with Crippen molar-refractivity contribution < 1.29 is 22.7 Å². The topological polar surface area (TPSA) is 84.0 Å². The number of rotatable bonds is 7. The molecule has 30 heavy (non-hydrogen) atoms. The largest absolute Gasteiger partial charge is 0.452 e. The molecule has 10 heteroatoms. The highest BCUT2D eigenvalue weighted by atomic mass is 35.5. The van der Waals surface area contributed by atoms with Crippen LogP contribution in [-0.2, 0) is 32.5 Å². The third-order valence-electron chi connectivity index (χ3n) is 4.99. The van der Waals surface area contributed by atoms with Crippen LogP contribution in [0.25, 0.3) is 0 Å². The van der Waals surface area contributed by atoms with Crippen molar-refractivity contribution in [3.8, 4) is 0 Å². The highest BCUT2D eigenvalue weighted by Crippen LogP contribution is 2.25. The standard InChI is InChI=1S/C20H23ClN2O5S2/c1-3-23(4-2)30(26,27)15-5-6-17(21)16(11-15)20(25)28-13-19(24)22-9-7-18-14(12-22)8-10-29-18/h5-6,8,10-11H,3-4,7,9,12-13H2,1-2H3. The molecule has 0 saturated heterocycles. The Balaban J connectivity index is 1.69. The third-order valence-corrected chi connectivity index (χ3v) is 8.39. The fraction of sp³-hybridized carbons (Fsp3) is 0.400. The van der Waals surface area contributed by atoms with Gasteiger partial charge in [-0.3, -0.25) is 4.79 Å². The first kappa shape index (κ1) is 22.7. The minimum Gasteiger partial charge on any atom is -0.452 e. The van der Waals surface area contributed by atoms with E-state index in [-0.39, 0.29) is 21.4 Å². The number of hydrogen-bond acceptors (Lipinski definition) is 6. The molecule has 0 spiro atoms. The van der Waals surface area contributed by atoms with Crippen LogP contribution in [0.5, 0.6) is 0 Å². The zero-order chi connectivity index (χ0) is 21.9. The summed E-state index contributed by atoms with van der Waals surface area (Å²) in [6, 6.07) is 5.89. The Morgan fingerprint density at radius 2 is 1.97 bits per heavy atom. The SMILES string of the molecule is CCN(CC)S(=O)(=O)c1ccc(Cl)c(C(=O)OCC(=O)N2CCc3sccc3C2)c1. The van der Waals surface area contributed by atoms with Gasteiger partial charge >= 0.3 is 5.97 Å². The minimum absolute atomic E-state index is 0.0464. The van der Waals surface area contributed by atoms with Crippen LogP contribution >= 0.6 is 22.9 Å². The van der Waals surface area contributed by atoms with Crippen LogP contribution in [0.1, 0.15) is 34.6 Å². The second kappa shape index (κ2) is 9.47. The lowest BCUT2D eigenvalue weighted by Crippen LogP contribution is -2.38. The minimum atomic E-state index is -3.75. The van der Waals surface area contributed by atoms with Gasteiger partial charge in [-0.2, -0.15) is 4.31 Å². The second-order valence-electron chi connectivity index (χ2n) is 6.74. The predicted octanol–water partition coefficient (Wildman–Crippen LogP) is 3.17. The first-order valence-corrected chi connectivity index (χ1v) is 12.3. The van der Waals surface area contributed by atoms with Crippen LogP contribution in [-0.4, -0.2) is 55.7 Å². The summed E-state index contributed by atoms with van der Waals surface area (Å²) in [5.74, 6) is -1.14.